The number of ether oxygens (including phenoxy) is 2. The highest BCUT2D eigenvalue weighted by molar-refractivity contribution is 7.80. The van der Waals surface area contributed by atoms with E-state index in [9.17, 15) is 0 Å². The molecule has 1 rings (SSSR count). The van der Waals surface area contributed by atoms with Gasteiger partial charge in [-0.15, -0.1) is 0 Å². The third-order valence-corrected chi connectivity index (χ3v) is 2.13. The van der Waals surface area contributed by atoms with Gasteiger partial charge in [0.1, 0.15) is 6.10 Å². The van der Waals surface area contributed by atoms with E-state index < -0.39 is 0 Å². The second kappa shape index (κ2) is 6.33. The van der Waals surface area contributed by atoms with Gasteiger partial charge in [-0.2, -0.15) is 0 Å². The molecule has 2 N–H and O–H groups in total. The summed E-state index contributed by atoms with van der Waals surface area (Å²) in [5.41, 5.74) is 5.46. The lowest BCUT2D eigenvalue weighted by molar-refractivity contribution is 0.214. The van der Waals surface area contributed by atoms with Gasteiger partial charge in [-0.25, -0.2) is 0 Å². The maximum absolute atomic E-state index is 5.72. The Kier molecular flexibility index (Phi) is 5.05. The summed E-state index contributed by atoms with van der Waals surface area (Å²) in [6, 6.07) is 7.58. The fraction of sp³-hybridized carbons (Fsp3) is 0.417. The molecule has 0 spiro atoms. The number of benzene rings is 1. The molecular weight excluding hydrogens is 222 g/mol. The topological polar surface area (TPSA) is 44.5 Å². The predicted octanol–water partition coefficient (Wildman–Crippen LogP) is 2.53. The lowest BCUT2D eigenvalue weighted by Crippen LogP contribution is -2.21. The molecule has 0 heterocycles. The van der Waals surface area contributed by atoms with E-state index in [2.05, 4.69) is 0 Å². The van der Waals surface area contributed by atoms with Crippen LogP contribution < -0.4 is 15.2 Å². The van der Waals surface area contributed by atoms with Gasteiger partial charge in [0.15, 0.2) is 11.5 Å². The number of hydrogen-bond donors (Lipinski definition) is 1. The molecule has 1 atom stereocenters. The van der Waals surface area contributed by atoms with Gasteiger partial charge in [0.05, 0.1) is 11.6 Å². The van der Waals surface area contributed by atoms with E-state index in [4.69, 9.17) is 27.4 Å². The standard InChI is InChI=1S/C12H17NO2S/c1-3-14-10-6-4-5-7-11(10)15-9(2)8-12(13)16/h4-7,9H,3,8H2,1-2H3,(H2,13,16). The monoisotopic (exact) mass is 239 g/mol. The SMILES string of the molecule is CCOc1ccccc1OC(C)CC(N)=S. The normalized spacial score (nSPS) is 11.9. The molecule has 0 aliphatic carbocycles. The van der Waals surface area contributed by atoms with E-state index in [1.807, 2.05) is 38.1 Å². The van der Waals surface area contributed by atoms with Crippen LogP contribution >= 0.6 is 12.2 Å². The van der Waals surface area contributed by atoms with E-state index in [-0.39, 0.29) is 6.10 Å². The van der Waals surface area contributed by atoms with Crippen molar-refractivity contribution in [3.8, 4) is 11.5 Å². The first-order valence-corrected chi connectivity index (χ1v) is 5.71. The summed E-state index contributed by atoms with van der Waals surface area (Å²) < 4.78 is 11.2. The Hall–Kier alpha value is -1.29. The summed E-state index contributed by atoms with van der Waals surface area (Å²) in [4.78, 5) is 0.460. The predicted molar refractivity (Wildman–Crippen MR) is 69.1 cm³/mol. The molecule has 1 aromatic rings. The van der Waals surface area contributed by atoms with Crippen LogP contribution in [0.15, 0.2) is 24.3 Å². The molecule has 3 nitrogen and oxygen atoms in total. The lowest BCUT2D eigenvalue weighted by Gasteiger charge is -2.16. The van der Waals surface area contributed by atoms with Crippen molar-refractivity contribution in [1.29, 1.82) is 0 Å². The minimum absolute atomic E-state index is 0.0425. The van der Waals surface area contributed by atoms with Crippen molar-refractivity contribution in [1.82, 2.24) is 0 Å². The number of para-hydroxylation sites is 2. The van der Waals surface area contributed by atoms with Gasteiger partial charge in [-0.05, 0) is 26.0 Å². The maximum atomic E-state index is 5.72. The van der Waals surface area contributed by atoms with Crippen molar-refractivity contribution in [3.63, 3.8) is 0 Å². The quantitative estimate of drug-likeness (QED) is 0.775. The van der Waals surface area contributed by atoms with Crippen molar-refractivity contribution in [2.75, 3.05) is 6.61 Å². The average Bonchev–Trinajstić information content (AvgIpc) is 2.20. The van der Waals surface area contributed by atoms with Crippen molar-refractivity contribution < 1.29 is 9.47 Å². The van der Waals surface area contributed by atoms with Gasteiger partial charge < -0.3 is 15.2 Å². The van der Waals surface area contributed by atoms with E-state index in [1.165, 1.54) is 0 Å². The number of hydrogen-bond acceptors (Lipinski definition) is 3. The Morgan fingerprint density at radius 1 is 1.38 bits per heavy atom. The zero-order valence-corrected chi connectivity index (χ0v) is 10.4. The van der Waals surface area contributed by atoms with Gasteiger partial charge in [0, 0.05) is 6.42 Å². The smallest absolute Gasteiger partial charge is 0.161 e. The fourth-order valence-corrected chi connectivity index (χ4v) is 1.60. The first-order valence-electron chi connectivity index (χ1n) is 5.30. The van der Waals surface area contributed by atoms with Crippen molar-refractivity contribution in [2.24, 2.45) is 5.73 Å². The van der Waals surface area contributed by atoms with Crippen LogP contribution in [0.2, 0.25) is 0 Å². The van der Waals surface area contributed by atoms with Crippen molar-refractivity contribution in [2.45, 2.75) is 26.4 Å². The minimum atomic E-state index is -0.0425. The summed E-state index contributed by atoms with van der Waals surface area (Å²) in [5, 5.41) is 0. The Morgan fingerprint density at radius 3 is 2.56 bits per heavy atom. The Morgan fingerprint density at radius 2 is 2.00 bits per heavy atom. The van der Waals surface area contributed by atoms with Crippen molar-refractivity contribution in [3.05, 3.63) is 24.3 Å². The summed E-state index contributed by atoms with van der Waals surface area (Å²) >= 11 is 4.84. The molecule has 88 valence electrons. The summed E-state index contributed by atoms with van der Waals surface area (Å²) in [7, 11) is 0. The van der Waals surface area contributed by atoms with Crippen LogP contribution in [0.5, 0.6) is 11.5 Å². The summed E-state index contributed by atoms with van der Waals surface area (Å²) in [6.45, 7) is 4.49. The number of thiocarbonyl (C=S) groups is 1. The second-order valence-electron chi connectivity index (χ2n) is 3.48. The van der Waals surface area contributed by atoms with Crippen LogP contribution in [0.4, 0.5) is 0 Å². The molecule has 1 unspecified atom stereocenters. The van der Waals surface area contributed by atoms with Gasteiger partial charge in [-0.3, -0.25) is 0 Å². The van der Waals surface area contributed by atoms with Crippen LogP contribution in [0.1, 0.15) is 20.3 Å². The third-order valence-electron chi connectivity index (χ3n) is 1.97. The van der Waals surface area contributed by atoms with Crippen LogP contribution in [0.3, 0.4) is 0 Å². The second-order valence-corrected chi connectivity index (χ2v) is 4.00. The molecule has 0 fully saturated rings. The molecule has 0 aliphatic heterocycles. The molecular formula is C12H17NO2S. The molecule has 0 aromatic heterocycles. The van der Waals surface area contributed by atoms with Crippen LogP contribution in [-0.4, -0.2) is 17.7 Å². The Bertz CT molecular complexity index is 355. The van der Waals surface area contributed by atoms with Gasteiger partial charge in [0.25, 0.3) is 0 Å². The zero-order valence-electron chi connectivity index (χ0n) is 9.60. The van der Waals surface area contributed by atoms with Crippen LogP contribution in [0.25, 0.3) is 0 Å². The molecule has 16 heavy (non-hydrogen) atoms. The Labute approximate surface area is 102 Å². The molecule has 0 amide bonds. The van der Waals surface area contributed by atoms with E-state index >= 15 is 0 Å². The highest BCUT2D eigenvalue weighted by Crippen LogP contribution is 2.27. The first-order chi connectivity index (χ1) is 7.63. The lowest BCUT2D eigenvalue weighted by atomic mass is 10.2. The van der Waals surface area contributed by atoms with Crippen LogP contribution in [-0.2, 0) is 0 Å². The third kappa shape index (κ3) is 4.06. The Balaban J connectivity index is 2.68. The summed E-state index contributed by atoms with van der Waals surface area (Å²) in [5.74, 6) is 1.48. The van der Waals surface area contributed by atoms with Crippen molar-refractivity contribution >= 4 is 17.2 Å². The molecule has 0 saturated heterocycles. The first kappa shape index (κ1) is 12.8. The van der Waals surface area contributed by atoms with E-state index in [0.717, 1.165) is 11.5 Å². The fourth-order valence-electron chi connectivity index (χ4n) is 1.36. The highest BCUT2D eigenvalue weighted by atomic mass is 32.1. The zero-order chi connectivity index (χ0) is 12.0. The van der Waals surface area contributed by atoms with Gasteiger partial charge >= 0.3 is 0 Å². The molecule has 0 saturated carbocycles. The van der Waals surface area contributed by atoms with Gasteiger partial charge in [-0.1, -0.05) is 24.4 Å². The summed E-state index contributed by atoms with van der Waals surface area (Å²) in [6.07, 6.45) is 0.523. The average molecular weight is 239 g/mol. The molecule has 0 aliphatic rings. The number of rotatable bonds is 6. The molecule has 1 aromatic carbocycles. The largest absolute Gasteiger partial charge is 0.490 e. The number of nitrogens with two attached hydrogens (primary N) is 1. The van der Waals surface area contributed by atoms with Crippen LogP contribution in [0, 0.1) is 0 Å². The van der Waals surface area contributed by atoms with Gasteiger partial charge in [0.2, 0.25) is 0 Å². The minimum Gasteiger partial charge on any atom is -0.490 e. The van der Waals surface area contributed by atoms with E-state index in [0.29, 0.717) is 18.0 Å². The highest BCUT2D eigenvalue weighted by Gasteiger charge is 2.09. The maximum Gasteiger partial charge on any atom is 0.161 e. The molecule has 0 bridgehead atoms. The van der Waals surface area contributed by atoms with E-state index in [1.54, 1.807) is 0 Å². The molecule has 0 radical (unpaired) electrons. The molecule has 4 heteroatoms.